The number of likely N-dealkylation sites (tertiary alicyclic amines) is 1. The van der Waals surface area contributed by atoms with Crippen molar-refractivity contribution in [2.45, 2.75) is 19.3 Å². The number of carbonyl (C=O) groups is 2. The monoisotopic (exact) mass is 297 g/mol. The van der Waals surface area contributed by atoms with Crippen LogP contribution in [0.2, 0.25) is 0 Å². The molecular formula is C15H23NO5. The number of nitrogens with zero attached hydrogens (tertiary/aromatic N) is 1. The summed E-state index contributed by atoms with van der Waals surface area (Å²) in [5, 5.41) is 9.30. The second-order valence-electron chi connectivity index (χ2n) is 5.66. The molecule has 2 rings (SSSR count). The van der Waals surface area contributed by atoms with Crippen LogP contribution in [0.1, 0.15) is 19.3 Å². The number of carboxylic acids is 1. The highest BCUT2D eigenvalue weighted by Crippen LogP contribution is 2.35. The molecule has 0 aromatic carbocycles. The average Bonchev–Trinajstić information content (AvgIpc) is 2.52. The summed E-state index contributed by atoms with van der Waals surface area (Å²) in [4.78, 5) is 24.8. The van der Waals surface area contributed by atoms with Crippen molar-refractivity contribution in [1.82, 2.24) is 4.90 Å². The lowest BCUT2D eigenvalue weighted by atomic mass is 9.74. The molecule has 2 heterocycles. The topological polar surface area (TPSA) is 76.1 Å². The fraction of sp³-hybridized carbons (Fsp3) is 0.733. The molecule has 2 fully saturated rings. The molecule has 0 spiro atoms. The Morgan fingerprint density at radius 1 is 1.33 bits per heavy atom. The molecule has 6 heteroatoms. The fourth-order valence-electron chi connectivity index (χ4n) is 3.30. The van der Waals surface area contributed by atoms with Crippen LogP contribution < -0.4 is 0 Å². The van der Waals surface area contributed by atoms with E-state index in [0.717, 1.165) is 19.3 Å². The van der Waals surface area contributed by atoms with Gasteiger partial charge >= 0.3 is 12.1 Å². The maximum absolute atomic E-state index is 11.8. The standard InChI is InChI=1S/C15H23NO5/c1-2-8-21-15(19)16-6-3-11(4-7-16)12-5-9-20-10-13(12)14(17)18/h2,11-13H,1,3-10H2,(H,17,18)/t12-,13-/m1/s1. The zero-order chi connectivity index (χ0) is 15.2. The van der Waals surface area contributed by atoms with E-state index >= 15 is 0 Å². The van der Waals surface area contributed by atoms with E-state index in [4.69, 9.17) is 9.47 Å². The smallest absolute Gasteiger partial charge is 0.410 e. The predicted octanol–water partition coefficient (Wildman–Crippen LogP) is 1.76. The van der Waals surface area contributed by atoms with E-state index in [2.05, 4.69) is 6.58 Å². The van der Waals surface area contributed by atoms with Gasteiger partial charge in [-0.25, -0.2) is 4.79 Å². The van der Waals surface area contributed by atoms with Gasteiger partial charge in [0.05, 0.1) is 12.5 Å². The van der Waals surface area contributed by atoms with Crippen molar-refractivity contribution in [3.63, 3.8) is 0 Å². The number of hydrogen-bond acceptors (Lipinski definition) is 4. The molecule has 0 aromatic rings. The van der Waals surface area contributed by atoms with Crippen molar-refractivity contribution in [1.29, 1.82) is 0 Å². The molecular weight excluding hydrogens is 274 g/mol. The Morgan fingerprint density at radius 2 is 2.05 bits per heavy atom. The van der Waals surface area contributed by atoms with Crippen LogP contribution in [0.3, 0.4) is 0 Å². The summed E-state index contributed by atoms with van der Waals surface area (Å²) in [6.07, 6.45) is 3.69. The highest BCUT2D eigenvalue weighted by atomic mass is 16.6. The molecule has 2 atom stereocenters. The molecule has 0 aromatic heterocycles. The van der Waals surface area contributed by atoms with E-state index in [1.54, 1.807) is 11.0 Å². The fourth-order valence-corrected chi connectivity index (χ4v) is 3.30. The first kappa shape index (κ1) is 15.8. The summed E-state index contributed by atoms with van der Waals surface area (Å²) in [6, 6.07) is 0. The average molecular weight is 297 g/mol. The molecule has 2 saturated heterocycles. The molecule has 21 heavy (non-hydrogen) atoms. The second kappa shape index (κ2) is 7.45. The Kier molecular flexibility index (Phi) is 5.61. The third-order valence-electron chi connectivity index (χ3n) is 4.45. The summed E-state index contributed by atoms with van der Waals surface area (Å²) >= 11 is 0. The van der Waals surface area contributed by atoms with E-state index in [1.807, 2.05) is 0 Å². The zero-order valence-corrected chi connectivity index (χ0v) is 12.2. The molecule has 2 aliphatic heterocycles. The van der Waals surface area contributed by atoms with Crippen LogP contribution in [0.4, 0.5) is 4.79 Å². The minimum Gasteiger partial charge on any atom is -0.481 e. The summed E-state index contributed by atoms with van der Waals surface area (Å²) < 4.78 is 10.3. The van der Waals surface area contributed by atoms with Crippen molar-refractivity contribution < 1.29 is 24.2 Å². The van der Waals surface area contributed by atoms with Gasteiger partial charge in [-0.2, -0.15) is 0 Å². The minimum atomic E-state index is -0.771. The third-order valence-corrected chi connectivity index (χ3v) is 4.45. The van der Waals surface area contributed by atoms with Gasteiger partial charge in [0.15, 0.2) is 0 Å². The third kappa shape index (κ3) is 3.97. The van der Waals surface area contributed by atoms with Crippen LogP contribution in [0.25, 0.3) is 0 Å². The molecule has 0 saturated carbocycles. The number of carbonyl (C=O) groups excluding carboxylic acids is 1. The number of hydrogen-bond donors (Lipinski definition) is 1. The van der Waals surface area contributed by atoms with Crippen molar-refractivity contribution >= 4 is 12.1 Å². The van der Waals surface area contributed by atoms with Gasteiger partial charge in [-0.15, -0.1) is 0 Å². The summed E-state index contributed by atoms with van der Waals surface area (Å²) in [5.74, 6) is -0.684. The first-order valence-corrected chi connectivity index (χ1v) is 7.46. The van der Waals surface area contributed by atoms with Gasteiger partial charge < -0.3 is 19.5 Å². The Morgan fingerprint density at radius 3 is 2.67 bits per heavy atom. The largest absolute Gasteiger partial charge is 0.481 e. The molecule has 0 bridgehead atoms. The highest BCUT2D eigenvalue weighted by molar-refractivity contribution is 5.70. The van der Waals surface area contributed by atoms with Crippen molar-refractivity contribution in [2.24, 2.45) is 17.8 Å². The van der Waals surface area contributed by atoms with Gasteiger partial charge in [-0.1, -0.05) is 12.7 Å². The first-order chi connectivity index (χ1) is 10.1. The number of carboxylic acid groups (broad SMARTS) is 1. The lowest BCUT2D eigenvalue weighted by Gasteiger charge is -2.39. The number of rotatable bonds is 4. The van der Waals surface area contributed by atoms with E-state index in [9.17, 15) is 14.7 Å². The SMILES string of the molecule is C=CCOC(=O)N1CCC([C@H]2CCOC[C@H]2C(=O)O)CC1. The van der Waals surface area contributed by atoms with E-state index in [1.165, 1.54) is 0 Å². The van der Waals surface area contributed by atoms with Gasteiger partial charge in [0, 0.05) is 19.7 Å². The van der Waals surface area contributed by atoms with Crippen LogP contribution >= 0.6 is 0 Å². The van der Waals surface area contributed by atoms with Gasteiger partial charge in [0.1, 0.15) is 6.61 Å². The molecule has 2 aliphatic rings. The lowest BCUT2D eigenvalue weighted by molar-refractivity contribution is -0.151. The number of ether oxygens (including phenoxy) is 2. The first-order valence-electron chi connectivity index (χ1n) is 7.46. The molecule has 0 unspecified atom stereocenters. The van der Waals surface area contributed by atoms with Crippen molar-refractivity contribution in [2.75, 3.05) is 32.9 Å². The molecule has 0 aliphatic carbocycles. The quantitative estimate of drug-likeness (QED) is 0.800. The Bertz CT molecular complexity index is 390. The molecule has 1 amide bonds. The van der Waals surface area contributed by atoms with Crippen molar-refractivity contribution in [3.8, 4) is 0 Å². The number of amides is 1. The van der Waals surface area contributed by atoms with Gasteiger partial charge in [-0.3, -0.25) is 4.79 Å². The predicted molar refractivity (Wildman–Crippen MR) is 75.9 cm³/mol. The van der Waals surface area contributed by atoms with Crippen LogP contribution in [0, 0.1) is 17.8 Å². The van der Waals surface area contributed by atoms with Gasteiger partial charge in [0.2, 0.25) is 0 Å². The minimum absolute atomic E-state index is 0.155. The van der Waals surface area contributed by atoms with Crippen LogP contribution in [-0.2, 0) is 14.3 Å². The number of piperidine rings is 1. The highest BCUT2D eigenvalue weighted by Gasteiger charge is 2.38. The molecule has 0 radical (unpaired) electrons. The summed E-state index contributed by atoms with van der Waals surface area (Å²) in [6.45, 7) is 5.94. The van der Waals surface area contributed by atoms with E-state index in [-0.39, 0.29) is 18.6 Å². The molecule has 118 valence electrons. The maximum atomic E-state index is 11.8. The molecule has 6 nitrogen and oxygen atoms in total. The van der Waals surface area contributed by atoms with Gasteiger partial charge in [0.25, 0.3) is 0 Å². The molecule has 1 N–H and O–H groups in total. The van der Waals surface area contributed by atoms with Crippen LogP contribution in [-0.4, -0.2) is 55.0 Å². The Labute approximate surface area is 124 Å². The maximum Gasteiger partial charge on any atom is 0.410 e. The van der Waals surface area contributed by atoms with Gasteiger partial charge in [-0.05, 0) is 31.1 Å². The van der Waals surface area contributed by atoms with E-state index in [0.29, 0.717) is 32.2 Å². The van der Waals surface area contributed by atoms with Crippen LogP contribution in [0.15, 0.2) is 12.7 Å². The van der Waals surface area contributed by atoms with E-state index < -0.39 is 11.9 Å². The summed E-state index contributed by atoms with van der Waals surface area (Å²) in [7, 11) is 0. The zero-order valence-electron chi connectivity index (χ0n) is 12.2. The Balaban J connectivity index is 1.86. The lowest BCUT2D eigenvalue weighted by Crippen LogP contribution is -2.44. The Hall–Kier alpha value is -1.56. The summed E-state index contributed by atoms with van der Waals surface area (Å²) in [5.41, 5.74) is 0. The second-order valence-corrected chi connectivity index (χ2v) is 5.66. The normalized spacial score (nSPS) is 27.1. The van der Waals surface area contributed by atoms with Crippen LogP contribution in [0.5, 0.6) is 0 Å². The van der Waals surface area contributed by atoms with Crippen molar-refractivity contribution in [3.05, 3.63) is 12.7 Å². The number of aliphatic carboxylic acids is 1.